The quantitative estimate of drug-likeness (QED) is 0.441. The minimum atomic E-state index is -0.417. The number of allylic oxidation sites excluding steroid dienone is 1. The van der Waals surface area contributed by atoms with E-state index in [-0.39, 0.29) is 0 Å². The molecule has 0 fully saturated rings. The molecule has 0 spiro atoms. The highest BCUT2D eigenvalue weighted by atomic mass is 16.5. The van der Waals surface area contributed by atoms with E-state index >= 15 is 0 Å². The van der Waals surface area contributed by atoms with E-state index in [0.717, 1.165) is 35.2 Å². The van der Waals surface area contributed by atoms with E-state index in [4.69, 9.17) is 14.2 Å². The number of benzene rings is 3. The van der Waals surface area contributed by atoms with E-state index in [1.807, 2.05) is 84.9 Å². The highest BCUT2D eigenvalue weighted by molar-refractivity contribution is 5.37. The van der Waals surface area contributed by atoms with Gasteiger partial charge in [-0.3, -0.25) is 0 Å². The predicted octanol–water partition coefficient (Wildman–Crippen LogP) is 7.16. The van der Waals surface area contributed by atoms with Crippen LogP contribution in [0.5, 0.6) is 23.0 Å². The summed E-state index contributed by atoms with van der Waals surface area (Å²) in [4.78, 5) is 0. The molecule has 0 radical (unpaired) electrons. The predicted molar refractivity (Wildman–Crippen MR) is 120 cm³/mol. The maximum absolute atomic E-state index is 6.24. The van der Waals surface area contributed by atoms with Crippen LogP contribution >= 0.6 is 0 Å². The molecule has 0 bridgehead atoms. The molecule has 3 heteroatoms. The highest BCUT2D eigenvalue weighted by Crippen LogP contribution is 2.30. The van der Waals surface area contributed by atoms with Crippen LogP contribution in [0.3, 0.4) is 0 Å². The smallest absolute Gasteiger partial charge is 0.128 e. The second kappa shape index (κ2) is 8.50. The first kappa shape index (κ1) is 19.8. The van der Waals surface area contributed by atoms with E-state index in [2.05, 4.69) is 26.8 Å². The fourth-order valence-corrected chi connectivity index (χ4v) is 3.18. The molecule has 0 aliphatic heterocycles. The average Bonchev–Trinajstić information content (AvgIpc) is 2.75. The summed E-state index contributed by atoms with van der Waals surface area (Å²) >= 11 is 0. The second-order valence-corrected chi connectivity index (χ2v) is 7.86. The maximum atomic E-state index is 6.24. The van der Waals surface area contributed by atoms with Gasteiger partial charge >= 0.3 is 0 Å². The Hall–Kier alpha value is -3.46. The number of aryl methyl sites for hydroxylation is 2. The van der Waals surface area contributed by atoms with Gasteiger partial charge in [0.15, 0.2) is 0 Å². The minimum Gasteiger partial charge on any atom is -0.483 e. The molecule has 3 aromatic rings. The summed E-state index contributed by atoms with van der Waals surface area (Å²) in [6, 6.07) is 23.8. The van der Waals surface area contributed by atoms with Crippen molar-refractivity contribution in [2.75, 3.05) is 0 Å². The van der Waals surface area contributed by atoms with Crippen LogP contribution in [0.2, 0.25) is 0 Å². The molecule has 4 rings (SSSR count). The van der Waals surface area contributed by atoms with Crippen molar-refractivity contribution in [2.24, 2.45) is 0 Å². The lowest BCUT2D eigenvalue weighted by Crippen LogP contribution is -2.31. The molecule has 0 heterocycles. The van der Waals surface area contributed by atoms with Crippen molar-refractivity contribution in [3.05, 3.63) is 108 Å². The molecule has 152 valence electrons. The molecular formula is C27H26O3. The Labute approximate surface area is 178 Å². The molecule has 1 atom stereocenters. The van der Waals surface area contributed by atoms with Gasteiger partial charge in [0, 0.05) is 6.42 Å². The van der Waals surface area contributed by atoms with Crippen LogP contribution in [-0.4, -0.2) is 5.60 Å². The Kier molecular flexibility index (Phi) is 5.62. The van der Waals surface area contributed by atoms with Gasteiger partial charge in [-0.1, -0.05) is 35.4 Å². The molecule has 3 aromatic carbocycles. The Bertz CT molecular complexity index is 1040. The van der Waals surface area contributed by atoms with Gasteiger partial charge < -0.3 is 14.2 Å². The summed E-state index contributed by atoms with van der Waals surface area (Å²) in [5.74, 6) is 4.08. The summed E-state index contributed by atoms with van der Waals surface area (Å²) < 4.78 is 18.1. The van der Waals surface area contributed by atoms with Crippen LogP contribution < -0.4 is 14.2 Å². The van der Waals surface area contributed by atoms with Crippen molar-refractivity contribution in [2.45, 2.75) is 32.8 Å². The van der Waals surface area contributed by atoms with Crippen LogP contribution in [0.4, 0.5) is 0 Å². The first-order valence-corrected chi connectivity index (χ1v) is 10.2. The maximum Gasteiger partial charge on any atom is 0.128 e. The largest absolute Gasteiger partial charge is 0.483 e. The van der Waals surface area contributed by atoms with Crippen molar-refractivity contribution in [1.29, 1.82) is 0 Å². The fourth-order valence-electron chi connectivity index (χ4n) is 3.18. The standard InChI is InChI=1S/C27H26O3/c1-20-4-8-22(9-5-20)28-24-12-14-26(15-13-24)30-27(3)18-16-25(17-19-27)29-23-10-6-21(2)7-11-23/h4-18H,19H2,1-3H3. The van der Waals surface area contributed by atoms with E-state index in [1.165, 1.54) is 11.1 Å². The van der Waals surface area contributed by atoms with Crippen molar-refractivity contribution in [1.82, 2.24) is 0 Å². The van der Waals surface area contributed by atoms with Gasteiger partial charge in [-0.15, -0.1) is 0 Å². The van der Waals surface area contributed by atoms with Gasteiger partial charge in [0.1, 0.15) is 34.4 Å². The van der Waals surface area contributed by atoms with Crippen molar-refractivity contribution < 1.29 is 14.2 Å². The highest BCUT2D eigenvalue weighted by Gasteiger charge is 2.25. The minimum absolute atomic E-state index is 0.417. The third-order valence-electron chi connectivity index (χ3n) is 5.00. The number of hydrogen-bond donors (Lipinski definition) is 0. The third-order valence-corrected chi connectivity index (χ3v) is 5.00. The average molecular weight is 399 g/mol. The third kappa shape index (κ3) is 5.12. The first-order valence-electron chi connectivity index (χ1n) is 10.2. The molecule has 0 amide bonds. The van der Waals surface area contributed by atoms with Crippen molar-refractivity contribution >= 4 is 0 Å². The first-order chi connectivity index (χ1) is 14.5. The summed E-state index contributed by atoms with van der Waals surface area (Å²) in [5.41, 5.74) is 2.01. The molecule has 1 aliphatic carbocycles. The lowest BCUT2D eigenvalue weighted by atomic mass is 9.96. The van der Waals surface area contributed by atoms with Gasteiger partial charge in [-0.05, 0) is 87.5 Å². The molecule has 0 N–H and O–H groups in total. The van der Waals surface area contributed by atoms with Crippen LogP contribution in [0.15, 0.2) is 96.8 Å². The van der Waals surface area contributed by atoms with E-state index in [0.29, 0.717) is 0 Å². The normalized spacial score (nSPS) is 17.9. The molecule has 0 aromatic heterocycles. The van der Waals surface area contributed by atoms with Crippen LogP contribution in [-0.2, 0) is 0 Å². The lowest BCUT2D eigenvalue weighted by Gasteiger charge is -2.29. The van der Waals surface area contributed by atoms with Crippen molar-refractivity contribution in [3.8, 4) is 23.0 Å². The zero-order chi connectivity index (χ0) is 21.0. The molecule has 30 heavy (non-hydrogen) atoms. The Morgan fingerprint density at radius 2 is 1.10 bits per heavy atom. The van der Waals surface area contributed by atoms with Crippen LogP contribution in [0.1, 0.15) is 24.5 Å². The molecule has 3 nitrogen and oxygen atoms in total. The summed E-state index contributed by atoms with van der Waals surface area (Å²) in [5, 5.41) is 0. The molecule has 1 aliphatic rings. The summed E-state index contributed by atoms with van der Waals surface area (Å²) in [7, 11) is 0. The molecule has 1 unspecified atom stereocenters. The topological polar surface area (TPSA) is 27.7 Å². The zero-order valence-corrected chi connectivity index (χ0v) is 17.6. The van der Waals surface area contributed by atoms with Crippen LogP contribution in [0.25, 0.3) is 0 Å². The number of hydrogen-bond acceptors (Lipinski definition) is 3. The SMILES string of the molecule is Cc1ccc(OC2=CCC(C)(Oc3ccc(Oc4ccc(C)cc4)cc3)C=C2)cc1. The number of ether oxygens (including phenoxy) is 3. The second-order valence-electron chi connectivity index (χ2n) is 7.86. The van der Waals surface area contributed by atoms with Gasteiger partial charge in [0.05, 0.1) is 0 Å². The van der Waals surface area contributed by atoms with Gasteiger partial charge in [-0.2, -0.15) is 0 Å². The summed E-state index contributed by atoms with van der Waals surface area (Å²) in [6.45, 7) is 6.19. The molecular weight excluding hydrogens is 372 g/mol. The molecule has 0 saturated heterocycles. The monoisotopic (exact) mass is 398 g/mol. The fraction of sp³-hybridized carbons (Fsp3) is 0.185. The van der Waals surface area contributed by atoms with Crippen LogP contribution in [0, 0.1) is 13.8 Å². The van der Waals surface area contributed by atoms with E-state index in [9.17, 15) is 0 Å². The lowest BCUT2D eigenvalue weighted by molar-refractivity contribution is 0.140. The summed E-state index contributed by atoms with van der Waals surface area (Å²) in [6.07, 6.45) is 6.81. The Balaban J connectivity index is 1.35. The Morgan fingerprint density at radius 3 is 1.60 bits per heavy atom. The number of rotatable bonds is 6. The van der Waals surface area contributed by atoms with Gasteiger partial charge in [-0.25, -0.2) is 0 Å². The van der Waals surface area contributed by atoms with Gasteiger partial charge in [0.2, 0.25) is 0 Å². The van der Waals surface area contributed by atoms with E-state index < -0.39 is 5.60 Å². The van der Waals surface area contributed by atoms with E-state index in [1.54, 1.807) is 0 Å². The van der Waals surface area contributed by atoms with Gasteiger partial charge in [0.25, 0.3) is 0 Å². The van der Waals surface area contributed by atoms with Crippen molar-refractivity contribution in [3.63, 3.8) is 0 Å². The molecule has 0 saturated carbocycles. The Morgan fingerprint density at radius 1 is 0.633 bits per heavy atom. The zero-order valence-electron chi connectivity index (χ0n) is 17.6.